The molecule has 0 unspecified atom stereocenters. The molecular weight excluding hydrogens is 188 g/mol. The standard InChI is InChI=1S/C7H7O2.C6H5/c1-9-7-5-3-2-4-6(7)8;1-2-4-6-5-3-1/h2-3,5,8H,1H3;1-5H. The highest BCUT2D eigenvalue weighted by atomic mass is 16.5. The van der Waals surface area contributed by atoms with Gasteiger partial charge in [0.25, 0.3) is 0 Å². The third-order valence-electron chi connectivity index (χ3n) is 1.62. The molecule has 0 fully saturated rings. The number of benzene rings is 2. The SMILES string of the molecule is COc1ccc[c]c1O.[c]1ccccc1. The molecule has 0 atom stereocenters. The fourth-order valence-corrected chi connectivity index (χ4v) is 0.919. The minimum absolute atomic E-state index is 0.0556. The molecule has 0 bridgehead atoms. The molecule has 15 heavy (non-hydrogen) atoms. The van der Waals surface area contributed by atoms with Crippen LogP contribution in [0.2, 0.25) is 0 Å². The van der Waals surface area contributed by atoms with Crippen molar-refractivity contribution in [2.75, 3.05) is 7.11 Å². The molecule has 2 radical (unpaired) electrons. The highest BCUT2D eigenvalue weighted by Gasteiger charge is 1.94. The molecule has 0 aliphatic rings. The monoisotopic (exact) mass is 200 g/mol. The van der Waals surface area contributed by atoms with Crippen LogP contribution in [0.4, 0.5) is 0 Å². The molecule has 2 aromatic rings. The summed E-state index contributed by atoms with van der Waals surface area (Å²) in [6.07, 6.45) is 0. The second-order valence-corrected chi connectivity index (χ2v) is 2.66. The van der Waals surface area contributed by atoms with Gasteiger partial charge in [-0.05, 0) is 12.1 Å². The van der Waals surface area contributed by atoms with E-state index in [2.05, 4.69) is 12.1 Å². The number of rotatable bonds is 1. The number of para-hydroxylation sites is 1. The first-order chi connectivity index (χ1) is 7.34. The average molecular weight is 200 g/mol. The van der Waals surface area contributed by atoms with Gasteiger partial charge in [-0.1, -0.05) is 42.5 Å². The van der Waals surface area contributed by atoms with Crippen LogP contribution < -0.4 is 4.74 Å². The van der Waals surface area contributed by atoms with E-state index in [9.17, 15) is 0 Å². The van der Waals surface area contributed by atoms with Crippen molar-refractivity contribution in [3.05, 3.63) is 60.7 Å². The normalized spacial score (nSPS) is 8.60. The summed E-state index contributed by atoms with van der Waals surface area (Å²) in [7, 11) is 1.50. The Morgan fingerprint density at radius 2 is 1.80 bits per heavy atom. The molecule has 0 saturated heterocycles. The van der Waals surface area contributed by atoms with E-state index in [0.29, 0.717) is 5.75 Å². The second-order valence-electron chi connectivity index (χ2n) is 2.66. The van der Waals surface area contributed by atoms with E-state index < -0.39 is 0 Å². The lowest BCUT2D eigenvalue weighted by Gasteiger charge is -1.98. The Hall–Kier alpha value is -1.96. The van der Waals surface area contributed by atoms with Gasteiger partial charge < -0.3 is 9.84 Å². The molecule has 2 heteroatoms. The van der Waals surface area contributed by atoms with E-state index >= 15 is 0 Å². The van der Waals surface area contributed by atoms with Gasteiger partial charge in [-0.15, -0.1) is 0 Å². The molecule has 0 amide bonds. The number of hydrogen-bond donors (Lipinski definition) is 1. The number of methoxy groups -OCH3 is 1. The molecule has 0 saturated carbocycles. The number of phenolic OH excluding ortho intramolecular Hbond substituents is 1. The van der Waals surface area contributed by atoms with Gasteiger partial charge in [0.2, 0.25) is 0 Å². The molecule has 0 aliphatic heterocycles. The first kappa shape index (κ1) is 11.1. The Morgan fingerprint density at radius 1 is 1.07 bits per heavy atom. The molecule has 2 rings (SSSR count). The topological polar surface area (TPSA) is 29.5 Å². The van der Waals surface area contributed by atoms with Crippen LogP contribution in [0.25, 0.3) is 0 Å². The van der Waals surface area contributed by atoms with Gasteiger partial charge in [0.15, 0.2) is 11.5 Å². The van der Waals surface area contributed by atoms with Gasteiger partial charge in [-0.2, -0.15) is 0 Å². The van der Waals surface area contributed by atoms with E-state index in [1.807, 2.05) is 30.3 Å². The van der Waals surface area contributed by atoms with Crippen molar-refractivity contribution in [2.24, 2.45) is 0 Å². The van der Waals surface area contributed by atoms with Gasteiger partial charge in [0.05, 0.1) is 7.11 Å². The maximum absolute atomic E-state index is 8.93. The molecule has 0 heterocycles. The van der Waals surface area contributed by atoms with E-state index in [-0.39, 0.29) is 5.75 Å². The van der Waals surface area contributed by atoms with Crippen LogP contribution in [-0.4, -0.2) is 12.2 Å². The van der Waals surface area contributed by atoms with Crippen LogP contribution in [0, 0.1) is 12.1 Å². The fraction of sp³-hybridized carbons (Fsp3) is 0.0769. The molecule has 2 aromatic carbocycles. The van der Waals surface area contributed by atoms with Crippen molar-refractivity contribution in [1.82, 2.24) is 0 Å². The number of phenols is 1. The van der Waals surface area contributed by atoms with Crippen molar-refractivity contribution in [2.45, 2.75) is 0 Å². The predicted octanol–water partition coefficient (Wildman–Crippen LogP) is 2.69. The summed E-state index contributed by atoms with van der Waals surface area (Å²) >= 11 is 0. The van der Waals surface area contributed by atoms with Gasteiger partial charge in [-0.3, -0.25) is 0 Å². The Morgan fingerprint density at radius 3 is 2.13 bits per heavy atom. The minimum atomic E-state index is 0.0556. The number of ether oxygens (including phenoxy) is 1. The third-order valence-corrected chi connectivity index (χ3v) is 1.62. The zero-order valence-electron chi connectivity index (χ0n) is 8.47. The first-order valence-electron chi connectivity index (χ1n) is 4.49. The van der Waals surface area contributed by atoms with Crippen LogP contribution in [-0.2, 0) is 0 Å². The second kappa shape index (κ2) is 6.49. The molecule has 0 spiro atoms. The summed E-state index contributed by atoms with van der Waals surface area (Å²) in [6.45, 7) is 0. The molecule has 2 nitrogen and oxygen atoms in total. The molecule has 0 aliphatic carbocycles. The van der Waals surface area contributed by atoms with E-state index in [4.69, 9.17) is 9.84 Å². The lowest BCUT2D eigenvalue weighted by molar-refractivity contribution is 0.373. The lowest BCUT2D eigenvalue weighted by Crippen LogP contribution is -1.81. The molecule has 1 N–H and O–H groups in total. The molecule has 76 valence electrons. The van der Waals surface area contributed by atoms with Crippen LogP contribution in [0.5, 0.6) is 11.5 Å². The largest absolute Gasteiger partial charge is 0.504 e. The zero-order valence-corrected chi connectivity index (χ0v) is 8.47. The van der Waals surface area contributed by atoms with Crippen LogP contribution in [0.1, 0.15) is 0 Å². The summed E-state index contributed by atoms with van der Waals surface area (Å²) in [4.78, 5) is 0. The van der Waals surface area contributed by atoms with E-state index in [1.54, 1.807) is 18.2 Å². The third kappa shape index (κ3) is 4.18. The van der Waals surface area contributed by atoms with Crippen molar-refractivity contribution in [3.8, 4) is 11.5 Å². The van der Waals surface area contributed by atoms with Crippen LogP contribution in [0.15, 0.2) is 48.5 Å². The van der Waals surface area contributed by atoms with Crippen molar-refractivity contribution in [1.29, 1.82) is 0 Å². The first-order valence-corrected chi connectivity index (χ1v) is 4.49. The van der Waals surface area contributed by atoms with Crippen molar-refractivity contribution in [3.63, 3.8) is 0 Å². The number of hydrogen-bond acceptors (Lipinski definition) is 2. The van der Waals surface area contributed by atoms with Crippen molar-refractivity contribution >= 4 is 0 Å². The Kier molecular flexibility index (Phi) is 4.81. The maximum atomic E-state index is 8.93. The predicted molar refractivity (Wildman–Crippen MR) is 58.8 cm³/mol. The van der Waals surface area contributed by atoms with Gasteiger partial charge in [-0.25, -0.2) is 0 Å². The minimum Gasteiger partial charge on any atom is -0.504 e. The molecule has 0 aromatic heterocycles. The van der Waals surface area contributed by atoms with Crippen LogP contribution in [0.3, 0.4) is 0 Å². The summed E-state index contributed by atoms with van der Waals surface area (Å²) in [5.41, 5.74) is 0. The number of aromatic hydroxyl groups is 1. The van der Waals surface area contributed by atoms with Gasteiger partial charge in [0, 0.05) is 6.07 Å². The summed E-state index contributed by atoms with van der Waals surface area (Å²) in [5, 5.41) is 8.93. The summed E-state index contributed by atoms with van der Waals surface area (Å²) in [5.74, 6) is 0.512. The van der Waals surface area contributed by atoms with Gasteiger partial charge in [0.1, 0.15) is 0 Å². The average Bonchev–Trinajstić information content (AvgIpc) is 2.33. The Bertz CT molecular complexity index is 345. The highest BCUT2D eigenvalue weighted by Crippen LogP contribution is 2.22. The molecular formula is C13H12O2. The van der Waals surface area contributed by atoms with E-state index in [0.717, 1.165) is 0 Å². The zero-order chi connectivity index (χ0) is 10.9. The quantitative estimate of drug-likeness (QED) is 0.766. The Balaban J connectivity index is 0.000000162. The van der Waals surface area contributed by atoms with E-state index in [1.165, 1.54) is 7.11 Å². The van der Waals surface area contributed by atoms with Gasteiger partial charge >= 0.3 is 0 Å². The maximum Gasteiger partial charge on any atom is 0.165 e. The summed E-state index contributed by atoms with van der Waals surface area (Å²) < 4.78 is 4.76. The lowest BCUT2D eigenvalue weighted by atomic mass is 10.3. The smallest absolute Gasteiger partial charge is 0.165 e. The Labute approximate surface area is 89.8 Å². The summed E-state index contributed by atoms with van der Waals surface area (Å²) in [6, 6.07) is 20.1. The highest BCUT2D eigenvalue weighted by molar-refractivity contribution is 5.36. The fourth-order valence-electron chi connectivity index (χ4n) is 0.919. The van der Waals surface area contributed by atoms with Crippen LogP contribution >= 0.6 is 0 Å². The van der Waals surface area contributed by atoms with Crippen molar-refractivity contribution < 1.29 is 9.84 Å².